The number of aromatic amines is 1. The van der Waals surface area contributed by atoms with Gasteiger partial charge < -0.3 is 82.4 Å². The molecule has 7 heterocycles. The van der Waals surface area contributed by atoms with E-state index >= 15 is 0 Å². The maximum absolute atomic E-state index is 14.5. The van der Waals surface area contributed by atoms with E-state index in [1.165, 1.54) is 22.4 Å². The minimum atomic E-state index is -1.19. The molecular formula is C45H56N14O13. The number of nitrogens with zero attached hydrogens (tertiary/aromatic N) is 6. The van der Waals surface area contributed by atoms with Crippen LogP contribution in [0.15, 0.2) is 33.7 Å². The second kappa shape index (κ2) is 19.4. The van der Waals surface area contributed by atoms with Crippen LogP contribution in [0.2, 0.25) is 0 Å². The number of ketones is 4. The van der Waals surface area contributed by atoms with Gasteiger partial charge in [-0.2, -0.15) is 4.98 Å². The first-order chi connectivity index (χ1) is 34.3. The average Bonchev–Trinajstić information content (AvgIpc) is 4.18. The number of Topliss-reactive ketones (excluding diaryl/α,β-unsaturated/α-hetero) is 4. The van der Waals surface area contributed by atoms with Gasteiger partial charge in [-0.1, -0.05) is 0 Å². The number of carbonyl (C=O) groups excluding carboxylic acids is 6. The molecule has 3 aliphatic heterocycles. The highest BCUT2D eigenvalue weighted by Gasteiger charge is 2.46. The summed E-state index contributed by atoms with van der Waals surface area (Å²) in [5, 5.41) is 40.2. The molecule has 9 rings (SSSR count). The van der Waals surface area contributed by atoms with Crippen molar-refractivity contribution in [1.29, 1.82) is 0 Å². The van der Waals surface area contributed by atoms with Crippen LogP contribution in [0.3, 0.4) is 0 Å². The molecule has 0 bridgehead atoms. The average molecular weight is 1000 g/mol. The van der Waals surface area contributed by atoms with Gasteiger partial charge in [-0.05, 0) is 46.8 Å². The van der Waals surface area contributed by atoms with E-state index in [9.17, 15) is 48.9 Å². The summed E-state index contributed by atoms with van der Waals surface area (Å²) in [5.74, 6) is -1.92. The number of H-pyrrole nitrogens is 1. The SMILES string of the molecule is CC1=C(NCCCN(C)CCCNC2=C(C)C(=O)c3c(c(COC(N)=O)c4n3C[C@H](N)[C@H]4Nc3nc4c(ncn4[C@H]4C[C@H](O)[C@@H](CO)O4)c(=O)[nH]3)C2=O)C(=O)c2c(COC(N)=O)c3n(c2C1=O)C[C@H](N)[C@H]3O. The highest BCUT2D eigenvalue weighted by atomic mass is 16.6. The Balaban J connectivity index is 0.843. The third-order valence-electron chi connectivity index (χ3n) is 14.0. The number of aromatic nitrogens is 6. The van der Waals surface area contributed by atoms with Crippen LogP contribution in [-0.4, -0.2) is 148 Å². The Kier molecular flexibility index (Phi) is 13.4. The number of ether oxygens (including phenoxy) is 3. The van der Waals surface area contributed by atoms with Crippen molar-refractivity contribution in [2.24, 2.45) is 22.9 Å². The number of rotatable bonds is 18. The summed E-state index contributed by atoms with van der Waals surface area (Å²) in [6.45, 7) is 3.63. The van der Waals surface area contributed by atoms with Crippen molar-refractivity contribution >= 4 is 52.4 Å². The van der Waals surface area contributed by atoms with E-state index in [0.29, 0.717) is 38.2 Å². The summed E-state index contributed by atoms with van der Waals surface area (Å²) in [4.78, 5) is 106. The fourth-order valence-corrected chi connectivity index (χ4v) is 10.4. The third-order valence-corrected chi connectivity index (χ3v) is 14.0. The van der Waals surface area contributed by atoms with E-state index < -0.39 is 103 Å². The van der Waals surface area contributed by atoms with Crippen LogP contribution in [0.25, 0.3) is 11.2 Å². The van der Waals surface area contributed by atoms with Gasteiger partial charge in [0.15, 0.2) is 11.2 Å². The Labute approximate surface area is 408 Å². The summed E-state index contributed by atoms with van der Waals surface area (Å²) in [6, 6.07) is -2.35. The van der Waals surface area contributed by atoms with Crippen LogP contribution in [0.5, 0.6) is 0 Å². The van der Waals surface area contributed by atoms with Crippen LogP contribution in [0, 0.1) is 0 Å². The van der Waals surface area contributed by atoms with Crippen molar-refractivity contribution in [3.05, 3.63) is 84.3 Å². The molecule has 0 aromatic carbocycles. The van der Waals surface area contributed by atoms with Gasteiger partial charge in [0.05, 0.1) is 59.3 Å². The molecule has 15 N–H and O–H groups in total. The predicted molar refractivity (Wildman–Crippen MR) is 250 cm³/mol. The molecule has 0 saturated carbocycles. The molecule has 5 aliphatic rings. The lowest BCUT2D eigenvalue weighted by atomic mass is 9.89. The summed E-state index contributed by atoms with van der Waals surface area (Å²) < 4.78 is 20.6. The highest BCUT2D eigenvalue weighted by molar-refractivity contribution is 6.27. The summed E-state index contributed by atoms with van der Waals surface area (Å²) >= 11 is 0. The van der Waals surface area contributed by atoms with Gasteiger partial charge in [0.25, 0.3) is 5.56 Å². The molecule has 4 aromatic heterocycles. The van der Waals surface area contributed by atoms with Gasteiger partial charge in [0.2, 0.25) is 29.1 Å². The number of anilines is 1. The van der Waals surface area contributed by atoms with E-state index in [1.54, 1.807) is 11.5 Å². The Morgan fingerprint density at radius 1 is 0.847 bits per heavy atom. The molecule has 2 amide bonds. The molecule has 0 radical (unpaired) electrons. The van der Waals surface area contributed by atoms with Crippen LogP contribution in [0.1, 0.15) is 116 Å². The maximum Gasteiger partial charge on any atom is 0.404 e. The van der Waals surface area contributed by atoms with Crippen molar-refractivity contribution in [1.82, 2.24) is 44.2 Å². The number of aliphatic hydroxyl groups is 3. The largest absolute Gasteiger partial charge is 0.445 e. The fourth-order valence-electron chi connectivity index (χ4n) is 10.4. The van der Waals surface area contributed by atoms with Gasteiger partial charge in [0, 0.05) is 66.6 Å². The number of nitrogens with two attached hydrogens (primary N) is 4. The zero-order chi connectivity index (χ0) is 51.6. The molecule has 1 saturated heterocycles. The van der Waals surface area contributed by atoms with Gasteiger partial charge in [0.1, 0.15) is 43.0 Å². The number of carbonyl (C=O) groups is 6. The summed E-state index contributed by atoms with van der Waals surface area (Å²) in [6.07, 6.45) is -3.45. The van der Waals surface area contributed by atoms with Crippen molar-refractivity contribution in [3.8, 4) is 0 Å². The number of fused-ring (bicyclic) bond motifs is 7. The number of aliphatic hydroxyl groups excluding tert-OH is 3. The van der Waals surface area contributed by atoms with Crippen LogP contribution < -0.4 is 44.4 Å². The van der Waals surface area contributed by atoms with E-state index in [2.05, 4.69) is 30.9 Å². The number of amides is 2. The van der Waals surface area contributed by atoms with E-state index in [4.69, 9.17) is 37.1 Å². The molecule has 4 aromatic rings. The van der Waals surface area contributed by atoms with Crippen LogP contribution in [-0.2, 0) is 40.5 Å². The van der Waals surface area contributed by atoms with Gasteiger partial charge in [-0.15, -0.1) is 0 Å². The molecule has 0 spiro atoms. The minimum Gasteiger partial charge on any atom is -0.445 e. The molecular weight excluding hydrogens is 945 g/mol. The third kappa shape index (κ3) is 8.50. The Morgan fingerprint density at radius 3 is 1.93 bits per heavy atom. The first kappa shape index (κ1) is 49.7. The van der Waals surface area contributed by atoms with Crippen LogP contribution in [0.4, 0.5) is 15.5 Å². The number of primary amides is 2. The molecule has 1 fully saturated rings. The van der Waals surface area contributed by atoms with Crippen molar-refractivity contribution in [2.45, 2.75) is 102 Å². The smallest absolute Gasteiger partial charge is 0.404 e. The molecule has 27 heteroatoms. The predicted octanol–water partition coefficient (Wildman–Crippen LogP) is -1.68. The normalized spacial score (nSPS) is 23.5. The van der Waals surface area contributed by atoms with Gasteiger partial charge in [-0.25, -0.2) is 14.6 Å². The number of hydrogen-bond donors (Lipinski definition) is 11. The van der Waals surface area contributed by atoms with Crippen LogP contribution >= 0.6 is 0 Å². The Bertz CT molecular complexity index is 3070. The number of nitrogens with one attached hydrogen (secondary N) is 4. The maximum atomic E-state index is 14.5. The zero-order valence-electron chi connectivity index (χ0n) is 39.5. The lowest BCUT2D eigenvalue weighted by Gasteiger charge is -2.23. The molecule has 0 unspecified atom stereocenters. The topological polar surface area (TPSA) is 408 Å². The Morgan fingerprint density at radius 2 is 1.39 bits per heavy atom. The Hall–Kier alpha value is -7.27. The minimum absolute atomic E-state index is 0.0102. The van der Waals surface area contributed by atoms with Gasteiger partial charge >= 0.3 is 12.2 Å². The van der Waals surface area contributed by atoms with E-state index in [1.807, 2.05) is 11.9 Å². The highest BCUT2D eigenvalue weighted by Crippen LogP contribution is 2.42. The molecule has 72 heavy (non-hydrogen) atoms. The van der Waals surface area contributed by atoms with E-state index in [0.717, 1.165) is 0 Å². The van der Waals surface area contributed by atoms with Crippen molar-refractivity contribution < 1.29 is 58.3 Å². The second-order valence-electron chi connectivity index (χ2n) is 18.5. The lowest BCUT2D eigenvalue weighted by Crippen LogP contribution is -2.35. The second-order valence-corrected chi connectivity index (χ2v) is 18.5. The quantitative estimate of drug-likeness (QED) is 0.0496. The monoisotopic (exact) mass is 1000 g/mol. The lowest BCUT2D eigenvalue weighted by molar-refractivity contribution is -0.0432. The van der Waals surface area contributed by atoms with E-state index in [-0.39, 0.29) is 105 Å². The molecule has 2 aliphatic carbocycles. The van der Waals surface area contributed by atoms with Gasteiger partial charge in [-0.3, -0.25) is 33.5 Å². The summed E-state index contributed by atoms with van der Waals surface area (Å²) in [5.41, 5.74) is 24.5. The van der Waals surface area contributed by atoms with Crippen molar-refractivity contribution in [3.63, 3.8) is 0 Å². The first-order valence-corrected chi connectivity index (χ1v) is 23.3. The zero-order valence-corrected chi connectivity index (χ0v) is 39.5. The molecule has 27 nitrogen and oxygen atoms in total. The van der Waals surface area contributed by atoms with Crippen molar-refractivity contribution in [2.75, 3.05) is 45.2 Å². The molecule has 384 valence electrons. The number of imidazole rings is 1. The number of hydrogen-bond acceptors (Lipinski definition) is 21. The number of allylic oxidation sites excluding steroid dienone is 4. The fraction of sp³-hybridized carbons (Fsp3) is 0.489. The first-order valence-electron chi connectivity index (χ1n) is 23.3. The summed E-state index contributed by atoms with van der Waals surface area (Å²) in [7, 11) is 1.89. The molecule has 7 atom stereocenters. The standard InChI is InChI=1S/C45H56N14O13/c1-17-28(50-6-4-8-56(3)9-5-7-51-29-18(2)37(63)35-27(40(29)66)20(15-71-44(49)69)33-38(64)22(47)12-58(33)35)39(65)26-19(14-70-43(48)68)32-30(21(46)11-57(32)34(26)36(17)62)53-45-54-41-31(42(67)55-45)52-16-59(41)25-10-23(61)24(13-60)72-25/h16,21-25,30,38,50-51,60-61,64H,4-15,46-47H2,1-3H3,(H2,48,68)(H2,49,69)(H2,53,54,55,67)/t21-,22-,23-,24+,25+,30+,38+/m0/s1.